The van der Waals surface area contributed by atoms with Crippen molar-refractivity contribution in [3.05, 3.63) is 27.9 Å². The molecular weight excluding hydrogens is 260 g/mol. The van der Waals surface area contributed by atoms with Gasteiger partial charge in [0.15, 0.2) is 0 Å². The number of carboxylic acids is 1. The summed E-state index contributed by atoms with van der Waals surface area (Å²) < 4.78 is 2.45. The van der Waals surface area contributed by atoms with Crippen molar-refractivity contribution in [3.8, 4) is 0 Å². The van der Waals surface area contributed by atoms with Crippen LogP contribution in [-0.2, 0) is 7.05 Å². The molecule has 0 fully saturated rings. The number of carboxylic acid groups (broad SMARTS) is 1. The molecule has 2 rings (SSSR count). The molecule has 5 heteroatoms. The molecule has 0 aliphatic heterocycles. The SMILES string of the molecule is Cc1nn(C)c2cc(C(=O)O)cc(Br)c12. The molecule has 0 bridgehead atoms. The van der Waals surface area contributed by atoms with Gasteiger partial charge in [0.25, 0.3) is 0 Å². The summed E-state index contributed by atoms with van der Waals surface area (Å²) in [4.78, 5) is 10.9. The van der Waals surface area contributed by atoms with Gasteiger partial charge in [0.1, 0.15) is 0 Å². The van der Waals surface area contributed by atoms with Gasteiger partial charge in [0.2, 0.25) is 0 Å². The molecule has 1 aromatic carbocycles. The van der Waals surface area contributed by atoms with Gasteiger partial charge in [-0.15, -0.1) is 0 Å². The number of hydrogen-bond donors (Lipinski definition) is 1. The fourth-order valence-electron chi connectivity index (χ4n) is 1.66. The lowest BCUT2D eigenvalue weighted by Gasteiger charge is -2.00. The maximum absolute atomic E-state index is 10.9. The molecule has 0 atom stereocenters. The highest BCUT2D eigenvalue weighted by atomic mass is 79.9. The number of rotatable bonds is 1. The van der Waals surface area contributed by atoms with Crippen molar-refractivity contribution in [2.75, 3.05) is 0 Å². The van der Waals surface area contributed by atoms with Crippen molar-refractivity contribution in [3.63, 3.8) is 0 Å². The van der Waals surface area contributed by atoms with Crippen LogP contribution in [0.3, 0.4) is 0 Å². The van der Waals surface area contributed by atoms with E-state index < -0.39 is 5.97 Å². The van der Waals surface area contributed by atoms with Crippen LogP contribution in [0.25, 0.3) is 10.9 Å². The number of hydrogen-bond acceptors (Lipinski definition) is 2. The normalized spacial score (nSPS) is 10.9. The molecule has 0 radical (unpaired) electrons. The quantitative estimate of drug-likeness (QED) is 0.864. The van der Waals surface area contributed by atoms with Crippen molar-refractivity contribution < 1.29 is 9.90 Å². The van der Waals surface area contributed by atoms with Gasteiger partial charge in [-0.25, -0.2) is 4.79 Å². The van der Waals surface area contributed by atoms with Crippen molar-refractivity contribution in [1.29, 1.82) is 0 Å². The van der Waals surface area contributed by atoms with E-state index in [0.717, 1.165) is 21.1 Å². The van der Waals surface area contributed by atoms with Crippen LogP contribution in [0.1, 0.15) is 16.1 Å². The summed E-state index contributed by atoms with van der Waals surface area (Å²) in [7, 11) is 1.80. The molecule has 78 valence electrons. The second-order valence-corrected chi connectivity index (χ2v) is 4.22. The molecule has 2 aromatic rings. The average molecular weight is 269 g/mol. The van der Waals surface area contributed by atoms with Gasteiger partial charge in [-0.3, -0.25) is 4.68 Å². The first-order valence-corrected chi connectivity index (χ1v) is 5.16. The average Bonchev–Trinajstić information content (AvgIpc) is 2.42. The number of aromatic carboxylic acids is 1. The van der Waals surface area contributed by atoms with E-state index in [1.165, 1.54) is 0 Å². The van der Waals surface area contributed by atoms with Crippen LogP contribution in [0.15, 0.2) is 16.6 Å². The zero-order valence-corrected chi connectivity index (χ0v) is 9.87. The Morgan fingerprint density at radius 3 is 2.80 bits per heavy atom. The molecule has 0 aliphatic carbocycles. The molecule has 0 amide bonds. The topological polar surface area (TPSA) is 55.1 Å². The molecule has 4 nitrogen and oxygen atoms in total. The number of carbonyl (C=O) groups is 1. The number of benzene rings is 1. The first-order valence-electron chi connectivity index (χ1n) is 4.37. The predicted molar refractivity (Wildman–Crippen MR) is 60.1 cm³/mol. The van der Waals surface area contributed by atoms with E-state index >= 15 is 0 Å². The van der Waals surface area contributed by atoms with Gasteiger partial charge < -0.3 is 5.11 Å². The third-order valence-electron chi connectivity index (χ3n) is 2.33. The maximum atomic E-state index is 10.9. The van der Waals surface area contributed by atoms with Crippen molar-refractivity contribution in [2.45, 2.75) is 6.92 Å². The number of aromatic nitrogens is 2. The zero-order valence-electron chi connectivity index (χ0n) is 8.28. The summed E-state index contributed by atoms with van der Waals surface area (Å²) in [5, 5.41) is 14.1. The zero-order chi connectivity index (χ0) is 11.2. The van der Waals surface area contributed by atoms with E-state index in [1.807, 2.05) is 6.92 Å². The monoisotopic (exact) mass is 268 g/mol. The van der Waals surface area contributed by atoms with Crippen molar-refractivity contribution in [2.24, 2.45) is 7.05 Å². The molecule has 0 saturated carbocycles. The minimum absolute atomic E-state index is 0.261. The fraction of sp³-hybridized carbons (Fsp3) is 0.200. The van der Waals surface area contributed by atoms with Crippen LogP contribution in [0.4, 0.5) is 0 Å². The second-order valence-electron chi connectivity index (χ2n) is 3.37. The Morgan fingerprint density at radius 1 is 1.53 bits per heavy atom. The molecule has 1 aromatic heterocycles. The first-order chi connectivity index (χ1) is 7.00. The van der Waals surface area contributed by atoms with Gasteiger partial charge in [-0.1, -0.05) is 15.9 Å². The highest BCUT2D eigenvalue weighted by Gasteiger charge is 2.12. The van der Waals surface area contributed by atoms with Crippen molar-refractivity contribution in [1.82, 2.24) is 9.78 Å². The first kappa shape index (κ1) is 10.2. The highest BCUT2D eigenvalue weighted by Crippen LogP contribution is 2.28. The Bertz CT molecular complexity index is 560. The fourth-order valence-corrected chi connectivity index (χ4v) is 2.39. The number of aryl methyl sites for hydroxylation is 2. The third kappa shape index (κ3) is 1.52. The van der Waals surface area contributed by atoms with Gasteiger partial charge in [0.05, 0.1) is 16.8 Å². The summed E-state index contributed by atoms with van der Waals surface area (Å²) >= 11 is 3.36. The van der Waals surface area contributed by atoms with Crippen LogP contribution in [0.5, 0.6) is 0 Å². The van der Waals surface area contributed by atoms with Crippen molar-refractivity contribution >= 4 is 32.8 Å². The Kier molecular flexibility index (Phi) is 2.26. The number of nitrogens with zero attached hydrogens (tertiary/aromatic N) is 2. The minimum Gasteiger partial charge on any atom is -0.478 e. The van der Waals surface area contributed by atoms with Crippen LogP contribution < -0.4 is 0 Å². The van der Waals surface area contributed by atoms with Crippen LogP contribution >= 0.6 is 15.9 Å². The number of fused-ring (bicyclic) bond motifs is 1. The largest absolute Gasteiger partial charge is 0.478 e. The second kappa shape index (κ2) is 3.34. The summed E-state index contributed by atoms with van der Waals surface area (Å²) in [5.41, 5.74) is 1.97. The molecule has 15 heavy (non-hydrogen) atoms. The van der Waals surface area contributed by atoms with Crippen LogP contribution in [0.2, 0.25) is 0 Å². The maximum Gasteiger partial charge on any atom is 0.335 e. The summed E-state index contributed by atoms with van der Waals surface area (Å²) in [5.74, 6) is -0.934. The summed E-state index contributed by atoms with van der Waals surface area (Å²) in [6.07, 6.45) is 0. The lowest BCUT2D eigenvalue weighted by molar-refractivity contribution is 0.0697. The molecule has 1 heterocycles. The van der Waals surface area contributed by atoms with Crippen LogP contribution in [-0.4, -0.2) is 20.9 Å². The van der Waals surface area contributed by atoms with E-state index in [-0.39, 0.29) is 5.56 Å². The van der Waals surface area contributed by atoms with Gasteiger partial charge >= 0.3 is 5.97 Å². The predicted octanol–water partition coefficient (Wildman–Crippen LogP) is 2.34. The molecule has 0 unspecified atom stereocenters. The van der Waals surface area contributed by atoms with E-state index in [2.05, 4.69) is 21.0 Å². The van der Waals surface area contributed by atoms with Gasteiger partial charge in [-0.2, -0.15) is 5.10 Å². The molecular formula is C10H9BrN2O2. The Morgan fingerprint density at radius 2 is 2.20 bits per heavy atom. The Hall–Kier alpha value is -1.36. The molecule has 0 aliphatic rings. The number of halogens is 1. The lowest BCUT2D eigenvalue weighted by Crippen LogP contribution is -1.97. The summed E-state index contributed by atoms with van der Waals surface area (Å²) in [6, 6.07) is 3.22. The third-order valence-corrected chi connectivity index (χ3v) is 2.95. The molecule has 0 spiro atoms. The van der Waals surface area contributed by atoms with E-state index in [1.54, 1.807) is 23.9 Å². The van der Waals surface area contributed by atoms with E-state index in [0.29, 0.717) is 0 Å². The standard InChI is InChI=1S/C10H9BrN2O2/c1-5-9-7(11)3-6(10(14)15)4-8(9)13(2)12-5/h3-4H,1-2H3,(H,14,15). The lowest BCUT2D eigenvalue weighted by atomic mass is 10.1. The van der Waals surface area contributed by atoms with Crippen LogP contribution in [0, 0.1) is 6.92 Å². The minimum atomic E-state index is -0.934. The Balaban J connectivity index is 2.87. The smallest absolute Gasteiger partial charge is 0.335 e. The molecule has 0 saturated heterocycles. The van der Waals surface area contributed by atoms with Gasteiger partial charge in [0, 0.05) is 16.9 Å². The Labute approximate surface area is 94.6 Å². The van der Waals surface area contributed by atoms with E-state index in [9.17, 15) is 4.79 Å². The highest BCUT2D eigenvalue weighted by molar-refractivity contribution is 9.10. The van der Waals surface area contributed by atoms with Gasteiger partial charge in [-0.05, 0) is 19.1 Å². The summed E-state index contributed by atoms with van der Waals surface area (Å²) in [6.45, 7) is 1.90. The molecule has 1 N–H and O–H groups in total. The van der Waals surface area contributed by atoms with E-state index in [4.69, 9.17) is 5.11 Å².